The Morgan fingerprint density at radius 2 is 1.80 bits per heavy atom. The van der Waals surface area contributed by atoms with Crippen molar-refractivity contribution in [2.75, 3.05) is 5.32 Å². The first-order chi connectivity index (χ1) is 9.40. The number of rotatable bonds is 3. The number of halogens is 4. The predicted molar refractivity (Wildman–Crippen MR) is 79.6 cm³/mol. The maximum atomic E-state index is 13.7. The Balaban J connectivity index is 2.30. The van der Waals surface area contributed by atoms with Crippen molar-refractivity contribution in [3.8, 4) is 0 Å². The van der Waals surface area contributed by atoms with E-state index in [9.17, 15) is 8.78 Å². The van der Waals surface area contributed by atoms with Crippen LogP contribution in [0.5, 0.6) is 0 Å². The third-order valence-electron chi connectivity index (χ3n) is 3.07. The molecule has 20 heavy (non-hydrogen) atoms. The molecule has 106 valence electrons. The Kier molecular flexibility index (Phi) is 4.51. The molecule has 5 heteroatoms. The van der Waals surface area contributed by atoms with Crippen molar-refractivity contribution in [3.05, 3.63) is 63.1 Å². The van der Waals surface area contributed by atoms with Crippen LogP contribution in [0.4, 0.5) is 14.5 Å². The second-order valence-corrected chi connectivity index (χ2v) is 5.40. The van der Waals surface area contributed by atoms with Gasteiger partial charge in [-0.2, -0.15) is 0 Å². The largest absolute Gasteiger partial charge is 0.377 e. The molecule has 0 saturated heterocycles. The summed E-state index contributed by atoms with van der Waals surface area (Å²) in [6, 6.07) is 7.03. The summed E-state index contributed by atoms with van der Waals surface area (Å²) in [4.78, 5) is 0. The van der Waals surface area contributed by atoms with Gasteiger partial charge in [-0.15, -0.1) is 0 Å². The van der Waals surface area contributed by atoms with Crippen LogP contribution in [0.15, 0.2) is 30.3 Å². The highest BCUT2D eigenvalue weighted by Gasteiger charge is 2.15. The van der Waals surface area contributed by atoms with Crippen molar-refractivity contribution >= 4 is 28.9 Å². The van der Waals surface area contributed by atoms with Gasteiger partial charge in [0.2, 0.25) is 0 Å². The summed E-state index contributed by atoms with van der Waals surface area (Å²) in [6.45, 7) is 3.57. The summed E-state index contributed by atoms with van der Waals surface area (Å²) < 4.78 is 26.9. The van der Waals surface area contributed by atoms with Gasteiger partial charge in [0.1, 0.15) is 0 Å². The highest BCUT2D eigenvalue weighted by molar-refractivity contribution is 6.35. The number of hydrogen-bond acceptors (Lipinski definition) is 1. The van der Waals surface area contributed by atoms with E-state index in [0.717, 1.165) is 11.6 Å². The molecular formula is C15H13Cl2F2N. The summed E-state index contributed by atoms with van der Waals surface area (Å²) in [5.41, 5.74) is 1.67. The topological polar surface area (TPSA) is 12.0 Å². The number of hydrogen-bond donors (Lipinski definition) is 1. The van der Waals surface area contributed by atoms with Crippen molar-refractivity contribution in [1.29, 1.82) is 0 Å². The van der Waals surface area contributed by atoms with Crippen LogP contribution in [-0.2, 0) is 0 Å². The van der Waals surface area contributed by atoms with E-state index in [1.807, 2.05) is 6.92 Å². The zero-order chi connectivity index (χ0) is 14.9. The van der Waals surface area contributed by atoms with Gasteiger partial charge in [-0.1, -0.05) is 35.3 Å². The number of aryl methyl sites for hydroxylation is 1. The van der Waals surface area contributed by atoms with Crippen molar-refractivity contribution in [2.24, 2.45) is 0 Å². The molecule has 0 saturated carbocycles. The molecule has 2 rings (SSSR count). The molecule has 0 aliphatic rings. The van der Waals surface area contributed by atoms with Gasteiger partial charge in [-0.05, 0) is 37.6 Å². The van der Waals surface area contributed by atoms with E-state index in [1.165, 1.54) is 12.1 Å². The van der Waals surface area contributed by atoms with Gasteiger partial charge in [-0.25, -0.2) is 8.78 Å². The maximum absolute atomic E-state index is 13.7. The fraction of sp³-hybridized carbons (Fsp3) is 0.200. The predicted octanol–water partition coefficient (Wildman–Crippen LogP) is 5.75. The second-order valence-electron chi connectivity index (χ2n) is 4.59. The standard InChI is InChI=1S/C15H13Cl2F2N/c1-8-6-12(17)14(7-11(8)16)20-9(2)10-4-3-5-13(18)15(10)19/h3-7,9,20H,1-2H3. The SMILES string of the molecule is Cc1cc(Cl)c(NC(C)c2cccc(F)c2F)cc1Cl. The lowest BCUT2D eigenvalue weighted by atomic mass is 10.1. The number of nitrogens with one attached hydrogen (secondary N) is 1. The molecule has 0 aliphatic carbocycles. The van der Waals surface area contributed by atoms with Gasteiger partial charge in [-0.3, -0.25) is 0 Å². The minimum absolute atomic E-state index is 0.234. The Labute approximate surface area is 126 Å². The lowest BCUT2D eigenvalue weighted by Crippen LogP contribution is -2.10. The molecule has 0 spiro atoms. The molecule has 2 aromatic rings. The van der Waals surface area contributed by atoms with Crippen molar-refractivity contribution in [3.63, 3.8) is 0 Å². The van der Waals surface area contributed by atoms with Crippen molar-refractivity contribution in [1.82, 2.24) is 0 Å². The average molecular weight is 316 g/mol. The maximum Gasteiger partial charge on any atom is 0.164 e. The molecule has 2 aromatic carbocycles. The van der Waals surface area contributed by atoms with E-state index in [0.29, 0.717) is 15.7 Å². The molecule has 0 bridgehead atoms. The first kappa shape index (κ1) is 15.1. The van der Waals surface area contributed by atoms with Crippen LogP contribution < -0.4 is 5.32 Å². The fourth-order valence-electron chi connectivity index (χ4n) is 1.92. The van der Waals surface area contributed by atoms with Crippen LogP contribution in [0.1, 0.15) is 24.1 Å². The Morgan fingerprint density at radius 1 is 1.10 bits per heavy atom. The van der Waals surface area contributed by atoms with Crippen LogP contribution in [0.3, 0.4) is 0 Å². The Hall–Kier alpha value is -1.32. The number of anilines is 1. The summed E-state index contributed by atoms with van der Waals surface area (Å²) >= 11 is 12.2. The highest BCUT2D eigenvalue weighted by atomic mass is 35.5. The molecule has 1 N–H and O–H groups in total. The van der Waals surface area contributed by atoms with Crippen LogP contribution in [0.2, 0.25) is 10.0 Å². The summed E-state index contributed by atoms with van der Waals surface area (Å²) in [5, 5.41) is 4.08. The van der Waals surface area contributed by atoms with E-state index in [-0.39, 0.29) is 5.56 Å². The first-order valence-electron chi connectivity index (χ1n) is 6.06. The van der Waals surface area contributed by atoms with E-state index in [1.54, 1.807) is 19.1 Å². The first-order valence-corrected chi connectivity index (χ1v) is 6.82. The van der Waals surface area contributed by atoms with Gasteiger partial charge >= 0.3 is 0 Å². The van der Waals surface area contributed by atoms with Crippen LogP contribution in [0.25, 0.3) is 0 Å². The van der Waals surface area contributed by atoms with E-state index in [2.05, 4.69) is 5.32 Å². The minimum atomic E-state index is -0.871. The van der Waals surface area contributed by atoms with Crippen LogP contribution in [-0.4, -0.2) is 0 Å². The third-order valence-corrected chi connectivity index (χ3v) is 3.79. The summed E-state index contributed by atoms with van der Waals surface area (Å²) in [6.07, 6.45) is 0. The monoisotopic (exact) mass is 315 g/mol. The normalized spacial score (nSPS) is 12.3. The zero-order valence-electron chi connectivity index (χ0n) is 11.0. The lowest BCUT2D eigenvalue weighted by Gasteiger charge is -2.18. The van der Waals surface area contributed by atoms with E-state index < -0.39 is 17.7 Å². The van der Waals surface area contributed by atoms with Gasteiger partial charge < -0.3 is 5.32 Å². The molecule has 0 amide bonds. The van der Waals surface area contributed by atoms with Gasteiger partial charge in [0.05, 0.1) is 16.8 Å². The fourth-order valence-corrected chi connectivity index (χ4v) is 2.36. The van der Waals surface area contributed by atoms with E-state index >= 15 is 0 Å². The zero-order valence-corrected chi connectivity index (χ0v) is 12.5. The molecule has 0 aromatic heterocycles. The Bertz CT molecular complexity index is 644. The van der Waals surface area contributed by atoms with Crippen molar-refractivity contribution < 1.29 is 8.78 Å². The highest BCUT2D eigenvalue weighted by Crippen LogP contribution is 2.32. The molecule has 0 heterocycles. The Morgan fingerprint density at radius 3 is 2.50 bits per heavy atom. The van der Waals surface area contributed by atoms with Crippen molar-refractivity contribution in [2.45, 2.75) is 19.9 Å². The molecule has 1 nitrogen and oxygen atoms in total. The average Bonchev–Trinajstić information content (AvgIpc) is 2.39. The molecule has 1 atom stereocenters. The van der Waals surface area contributed by atoms with Gasteiger partial charge in [0.15, 0.2) is 11.6 Å². The summed E-state index contributed by atoms with van der Waals surface area (Å²) in [7, 11) is 0. The van der Waals surface area contributed by atoms with Gasteiger partial charge in [0, 0.05) is 10.6 Å². The van der Waals surface area contributed by atoms with Crippen LogP contribution >= 0.6 is 23.2 Å². The van der Waals surface area contributed by atoms with E-state index in [4.69, 9.17) is 23.2 Å². The smallest absolute Gasteiger partial charge is 0.164 e. The second kappa shape index (κ2) is 5.98. The number of benzene rings is 2. The van der Waals surface area contributed by atoms with Gasteiger partial charge in [0.25, 0.3) is 0 Å². The van der Waals surface area contributed by atoms with Crippen LogP contribution in [0, 0.1) is 18.6 Å². The third kappa shape index (κ3) is 3.05. The molecule has 0 aliphatic heterocycles. The molecule has 1 unspecified atom stereocenters. The lowest BCUT2D eigenvalue weighted by molar-refractivity contribution is 0.494. The summed E-state index contributed by atoms with van der Waals surface area (Å²) in [5.74, 6) is -1.73. The minimum Gasteiger partial charge on any atom is -0.377 e. The molecule has 0 radical (unpaired) electrons. The molecule has 0 fully saturated rings. The molecular weight excluding hydrogens is 303 g/mol. The quantitative estimate of drug-likeness (QED) is 0.760.